The van der Waals surface area contributed by atoms with Crippen LogP contribution in [0.3, 0.4) is 0 Å². The van der Waals surface area contributed by atoms with Crippen molar-refractivity contribution >= 4 is 16.8 Å². The van der Waals surface area contributed by atoms with E-state index in [1.54, 1.807) is 30.7 Å². The highest BCUT2D eigenvalue weighted by Crippen LogP contribution is 2.55. The topological polar surface area (TPSA) is 84.7 Å². The highest BCUT2D eigenvalue weighted by Gasteiger charge is 2.54. The average Bonchev–Trinajstić information content (AvgIpc) is 2.95. The van der Waals surface area contributed by atoms with Gasteiger partial charge in [-0.1, -0.05) is 6.07 Å². The molecule has 2 heterocycles. The molecule has 2 atom stereocenters. The fourth-order valence-corrected chi connectivity index (χ4v) is 3.66. The molecule has 3 aromatic rings. The van der Waals surface area contributed by atoms with Crippen LogP contribution < -0.4 is 5.73 Å². The summed E-state index contributed by atoms with van der Waals surface area (Å²) in [5.74, 6) is -1.07. The number of halogens is 1. The Morgan fingerprint density at radius 2 is 2.26 bits per heavy atom. The van der Waals surface area contributed by atoms with Gasteiger partial charge in [-0.25, -0.2) is 4.39 Å². The van der Waals surface area contributed by atoms with Crippen molar-refractivity contribution in [1.82, 2.24) is 15.2 Å². The summed E-state index contributed by atoms with van der Waals surface area (Å²) in [7, 11) is 0. The van der Waals surface area contributed by atoms with Crippen LogP contribution in [0, 0.1) is 5.82 Å². The van der Waals surface area contributed by atoms with Crippen molar-refractivity contribution < 1.29 is 9.18 Å². The number of rotatable bonds is 3. The Morgan fingerprint density at radius 3 is 2.91 bits per heavy atom. The second-order valence-corrected chi connectivity index (χ2v) is 6.00. The van der Waals surface area contributed by atoms with E-state index in [4.69, 9.17) is 5.73 Å². The lowest BCUT2D eigenvalue weighted by Gasteiger charge is -2.47. The fraction of sp³-hybridized carbons (Fsp3) is 0.235. The molecular weight excluding hydrogens is 295 g/mol. The number of hydrogen-bond donors (Lipinski definition) is 2. The molecule has 0 saturated heterocycles. The molecule has 1 aromatic carbocycles. The smallest absolute Gasteiger partial charge is 0.228 e. The summed E-state index contributed by atoms with van der Waals surface area (Å²) >= 11 is 0. The van der Waals surface area contributed by atoms with Gasteiger partial charge in [0.25, 0.3) is 0 Å². The number of pyridine rings is 1. The van der Waals surface area contributed by atoms with Gasteiger partial charge in [-0.05, 0) is 42.2 Å². The molecule has 1 fully saturated rings. The van der Waals surface area contributed by atoms with Crippen LogP contribution in [0.2, 0.25) is 0 Å². The number of carbonyl (C=O) groups excluding carboxylic acids is 1. The second kappa shape index (κ2) is 4.87. The maximum atomic E-state index is 14.6. The quantitative estimate of drug-likeness (QED) is 0.779. The van der Waals surface area contributed by atoms with E-state index in [-0.39, 0.29) is 11.7 Å². The van der Waals surface area contributed by atoms with Gasteiger partial charge >= 0.3 is 0 Å². The lowest BCUT2D eigenvalue weighted by atomic mass is 9.54. The maximum absolute atomic E-state index is 14.6. The predicted octanol–water partition coefficient (Wildman–Crippen LogP) is 2.40. The summed E-state index contributed by atoms with van der Waals surface area (Å²) in [5, 5.41) is 7.49. The van der Waals surface area contributed by atoms with Crippen LogP contribution in [-0.4, -0.2) is 21.1 Å². The molecule has 0 radical (unpaired) electrons. The van der Waals surface area contributed by atoms with E-state index in [1.165, 1.54) is 6.07 Å². The molecule has 23 heavy (non-hydrogen) atoms. The maximum Gasteiger partial charge on any atom is 0.228 e. The Morgan fingerprint density at radius 1 is 1.39 bits per heavy atom. The van der Waals surface area contributed by atoms with E-state index < -0.39 is 11.3 Å². The zero-order valence-electron chi connectivity index (χ0n) is 12.3. The largest absolute Gasteiger partial charge is 0.369 e. The number of nitrogens with two attached hydrogens (primary N) is 1. The van der Waals surface area contributed by atoms with Crippen LogP contribution in [0.25, 0.3) is 10.9 Å². The molecule has 1 amide bonds. The van der Waals surface area contributed by atoms with Gasteiger partial charge in [-0.15, -0.1) is 0 Å². The van der Waals surface area contributed by atoms with Gasteiger partial charge in [0.1, 0.15) is 5.82 Å². The van der Waals surface area contributed by atoms with Crippen molar-refractivity contribution in [2.24, 2.45) is 5.73 Å². The van der Waals surface area contributed by atoms with Gasteiger partial charge in [-0.3, -0.25) is 14.9 Å². The summed E-state index contributed by atoms with van der Waals surface area (Å²) < 4.78 is 14.6. The summed E-state index contributed by atoms with van der Waals surface area (Å²) in [6.07, 6.45) is 6.24. The first-order valence-electron chi connectivity index (χ1n) is 7.46. The fourth-order valence-electron chi connectivity index (χ4n) is 3.66. The molecule has 5 nitrogen and oxygen atoms in total. The molecule has 2 unspecified atom stereocenters. The standard InChI is InChI=1S/C17H15FN4O/c18-14-7-15-10(8-21-22-15)6-12(14)13-3-4-17(13,16(19)23)11-2-1-5-20-9-11/h1-2,5-9,13H,3-4H2,(H2,19,23)(H,21,22). The lowest BCUT2D eigenvalue weighted by molar-refractivity contribution is -0.127. The number of aromatic amines is 1. The average molecular weight is 310 g/mol. The summed E-state index contributed by atoms with van der Waals surface area (Å²) in [6.45, 7) is 0. The second-order valence-electron chi connectivity index (χ2n) is 6.00. The van der Waals surface area contributed by atoms with Crippen LogP contribution in [0.5, 0.6) is 0 Å². The number of H-pyrrole nitrogens is 1. The monoisotopic (exact) mass is 310 g/mol. The third-order valence-electron chi connectivity index (χ3n) is 4.97. The Labute approximate surface area is 131 Å². The van der Waals surface area contributed by atoms with Crippen molar-refractivity contribution in [3.63, 3.8) is 0 Å². The third-order valence-corrected chi connectivity index (χ3v) is 4.97. The minimum absolute atomic E-state index is 0.288. The van der Waals surface area contributed by atoms with Gasteiger partial charge < -0.3 is 5.73 Å². The van der Waals surface area contributed by atoms with Crippen LogP contribution in [-0.2, 0) is 10.2 Å². The van der Waals surface area contributed by atoms with Crippen molar-refractivity contribution in [3.8, 4) is 0 Å². The van der Waals surface area contributed by atoms with Gasteiger partial charge in [0.05, 0.1) is 17.1 Å². The van der Waals surface area contributed by atoms with Gasteiger partial charge in [0.15, 0.2) is 0 Å². The zero-order chi connectivity index (χ0) is 16.0. The number of primary amides is 1. The molecule has 0 bridgehead atoms. The minimum Gasteiger partial charge on any atom is -0.369 e. The Hall–Kier alpha value is -2.76. The van der Waals surface area contributed by atoms with Gasteiger partial charge in [0, 0.05) is 23.7 Å². The number of nitrogens with zero attached hydrogens (tertiary/aromatic N) is 2. The number of amides is 1. The molecule has 1 aliphatic carbocycles. The molecule has 3 N–H and O–H groups in total. The SMILES string of the molecule is NC(=O)C1(c2cccnc2)CCC1c1cc2cn[nH]c2cc1F. The van der Waals surface area contributed by atoms with Crippen LogP contribution in [0.4, 0.5) is 4.39 Å². The Bertz CT molecular complexity index is 892. The lowest BCUT2D eigenvalue weighted by Crippen LogP contribution is -2.52. The zero-order valence-corrected chi connectivity index (χ0v) is 12.3. The van der Waals surface area contributed by atoms with Crippen molar-refractivity contribution in [2.75, 3.05) is 0 Å². The molecule has 1 aliphatic rings. The summed E-state index contributed by atoms with van der Waals surface area (Å²) in [6, 6.07) is 6.78. The number of nitrogens with one attached hydrogen (secondary N) is 1. The summed E-state index contributed by atoms with van der Waals surface area (Å²) in [5.41, 5.74) is 6.72. The predicted molar refractivity (Wildman–Crippen MR) is 83.1 cm³/mol. The molecule has 6 heteroatoms. The minimum atomic E-state index is -0.896. The first-order valence-corrected chi connectivity index (χ1v) is 7.46. The number of aromatic nitrogens is 3. The highest BCUT2D eigenvalue weighted by molar-refractivity contribution is 5.90. The molecule has 1 saturated carbocycles. The Balaban J connectivity index is 1.87. The first-order chi connectivity index (χ1) is 11.1. The van der Waals surface area contributed by atoms with E-state index in [0.717, 1.165) is 10.9 Å². The van der Waals surface area contributed by atoms with Crippen molar-refractivity contribution in [1.29, 1.82) is 0 Å². The number of hydrogen-bond acceptors (Lipinski definition) is 3. The number of fused-ring (bicyclic) bond motifs is 1. The number of benzene rings is 1. The van der Waals surface area contributed by atoms with Crippen molar-refractivity contribution in [3.05, 3.63) is 59.8 Å². The summed E-state index contributed by atoms with van der Waals surface area (Å²) in [4.78, 5) is 16.4. The van der Waals surface area contributed by atoms with E-state index in [1.807, 2.05) is 6.07 Å². The highest BCUT2D eigenvalue weighted by atomic mass is 19.1. The third kappa shape index (κ3) is 1.87. The number of carbonyl (C=O) groups is 1. The molecule has 0 spiro atoms. The molecular formula is C17H15FN4O. The Kier molecular flexibility index (Phi) is 2.94. The molecule has 4 rings (SSSR count). The van der Waals surface area contributed by atoms with Crippen LogP contribution in [0.1, 0.15) is 29.9 Å². The van der Waals surface area contributed by atoms with Crippen LogP contribution in [0.15, 0.2) is 42.9 Å². The van der Waals surface area contributed by atoms with E-state index in [9.17, 15) is 9.18 Å². The van der Waals surface area contributed by atoms with Gasteiger partial charge in [-0.2, -0.15) is 5.10 Å². The molecule has 0 aliphatic heterocycles. The van der Waals surface area contributed by atoms with Gasteiger partial charge in [0.2, 0.25) is 5.91 Å². The normalized spacial score (nSPS) is 23.6. The first kappa shape index (κ1) is 13.9. The van der Waals surface area contributed by atoms with Crippen LogP contribution >= 0.6 is 0 Å². The van der Waals surface area contributed by atoms with E-state index in [0.29, 0.717) is 23.9 Å². The molecule has 2 aromatic heterocycles. The van der Waals surface area contributed by atoms with E-state index >= 15 is 0 Å². The molecule has 116 valence electrons. The van der Waals surface area contributed by atoms with Crippen molar-refractivity contribution in [2.45, 2.75) is 24.2 Å². The van der Waals surface area contributed by atoms with E-state index in [2.05, 4.69) is 15.2 Å².